The molecule has 7 nitrogen and oxygen atoms in total. The van der Waals surface area contributed by atoms with Crippen LogP contribution in [0.15, 0.2) is 48.8 Å². The summed E-state index contributed by atoms with van der Waals surface area (Å²) in [6.07, 6.45) is 7.02. The fourth-order valence-electron chi connectivity index (χ4n) is 4.82. The smallest absolute Gasteiger partial charge is 0.253 e. The number of nitrogens with zero attached hydrogens (tertiary/aromatic N) is 4. The summed E-state index contributed by atoms with van der Waals surface area (Å²) in [6, 6.07) is 11.3. The van der Waals surface area contributed by atoms with E-state index in [0.29, 0.717) is 25.2 Å². The van der Waals surface area contributed by atoms with E-state index >= 15 is 0 Å². The lowest BCUT2D eigenvalue weighted by Crippen LogP contribution is -2.47. The number of hydrogen-bond acceptors (Lipinski definition) is 4. The van der Waals surface area contributed by atoms with Crippen LogP contribution in [-0.2, 0) is 4.79 Å². The van der Waals surface area contributed by atoms with Gasteiger partial charge in [0.1, 0.15) is 5.82 Å². The van der Waals surface area contributed by atoms with Crippen molar-refractivity contribution < 1.29 is 9.59 Å². The Balaban J connectivity index is 1.20. The molecule has 31 heavy (non-hydrogen) atoms. The summed E-state index contributed by atoms with van der Waals surface area (Å²) < 4.78 is 0. The first kappa shape index (κ1) is 19.7. The van der Waals surface area contributed by atoms with Crippen molar-refractivity contribution >= 4 is 22.8 Å². The quantitative estimate of drug-likeness (QED) is 0.709. The van der Waals surface area contributed by atoms with Crippen molar-refractivity contribution in [3.63, 3.8) is 0 Å². The van der Waals surface area contributed by atoms with E-state index in [0.717, 1.165) is 49.1 Å². The lowest BCUT2D eigenvalue weighted by Gasteiger charge is -2.37. The molecule has 3 aromatic rings. The van der Waals surface area contributed by atoms with E-state index in [9.17, 15) is 9.59 Å². The molecule has 2 amide bonds. The van der Waals surface area contributed by atoms with Gasteiger partial charge < -0.3 is 14.8 Å². The van der Waals surface area contributed by atoms with Gasteiger partial charge in [-0.15, -0.1) is 0 Å². The molecule has 2 aromatic heterocycles. The average molecular weight is 418 g/mol. The number of benzene rings is 1. The molecule has 0 radical (unpaired) electrons. The summed E-state index contributed by atoms with van der Waals surface area (Å²) >= 11 is 0. The Morgan fingerprint density at radius 2 is 1.77 bits per heavy atom. The van der Waals surface area contributed by atoms with Crippen LogP contribution in [0.25, 0.3) is 11.0 Å². The predicted molar refractivity (Wildman–Crippen MR) is 118 cm³/mol. The molecule has 0 bridgehead atoms. The van der Waals surface area contributed by atoms with Gasteiger partial charge in [0.15, 0.2) is 0 Å². The summed E-state index contributed by atoms with van der Waals surface area (Å²) in [6.45, 7) is 2.78. The Morgan fingerprint density at radius 1 is 0.968 bits per heavy atom. The Labute approximate surface area is 181 Å². The van der Waals surface area contributed by atoms with Crippen LogP contribution in [0, 0.1) is 5.92 Å². The SMILES string of the molecule is O=C(c1ccccc1)N1CCC(C(=O)N2CCCC(c3nc4ccncc4[nH]3)C2)CC1. The summed E-state index contributed by atoms with van der Waals surface area (Å²) in [4.78, 5) is 42.0. The predicted octanol–water partition coefficient (Wildman–Crippen LogP) is 3.22. The first-order valence-electron chi connectivity index (χ1n) is 11.1. The summed E-state index contributed by atoms with van der Waals surface area (Å²) in [5, 5.41) is 0. The molecule has 2 aliphatic heterocycles. The summed E-state index contributed by atoms with van der Waals surface area (Å²) in [5.41, 5.74) is 2.58. The molecular formula is C24H27N5O2. The number of H-pyrrole nitrogens is 1. The molecule has 1 unspecified atom stereocenters. The maximum absolute atomic E-state index is 13.2. The van der Waals surface area contributed by atoms with Crippen molar-refractivity contribution in [1.29, 1.82) is 0 Å². The third-order valence-corrected chi connectivity index (χ3v) is 6.57. The van der Waals surface area contributed by atoms with Crippen molar-refractivity contribution in [3.8, 4) is 0 Å². The highest BCUT2D eigenvalue weighted by Crippen LogP contribution is 2.29. The number of rotatable bonds is 3. The molecule has 5 rings (SSSR count). The standard InChI is InChI=1S/C24H27N5O2/c30-23(17-5-2-1-3-6-17)28-13-9-18(10-14-28)24(31)29-12-4-7-19(16-29)22-26-20-8-11-25-15-21(20)27-22/h1-3,5-6,8,11,15,18-19H,4,7,9-10,12-14,16H2,(H,26,27). The van der Waals surface area contributed by atoms with E-state index in [2.05, 4.69) is 9.97 Å². The van der Waals surface area contributed by atoms with Crippen LogP contribution in [0.2, 0.25) is 0 Å². The van der Waals surface area contributed by atoms with Crippen LogP contribution < -0.4 is 0 Å². The zero-order valence-electron chi connectivity index (χ0n) is 17.5. The van der Waals surface area contributed by atoms with Crippen molar-refractivity contribution in [3.05, 3.63) is 60.2 Å². The molecule has 0 saturated carbocycles. The fraction of sp³-hybridized carbons (Fsp3) is 0.417. The van der Waals surface area contributed by atoms with Gasteiger partial charge in [0, 0.05) is 49.8 Å². The van der Waals surface area contributed by atoms with E-state index in [1.165, 1.54) is 0 Å². The third-order valence-electron chi connectivity index (χ3n) is 6.57. The molecule has 2 aliphatic rings. The number of aromatic nitrogens is 3. The van der Waals surface area contributed by atoms with Crippen molar-refractivity contribution in [2.45, 2.75) is 31.6 Å². The minimum atomic E-state index is -0.00144. The van der Waals surface area contributed by atoms with Crippen LogP contribution in [0.4, 0.5) is 0 Å². The van der Waals surface area contributed by atoms with Crippen LogP contribution in [0.1, 0.15) is 47.8 Å². The molecule has 4 heterocycles. The van der Waals surface area contributed by atoms with E-state index in [-0.39, 0.29) is 23.7 Å². The Hall–Kier alpha value is -3.22. The second kappa shape index (κ2) is 8.49. The molecule has 0 aliphatic carbocycles. The van der Waals surface area contributed by atoms with E-state index in [1.807, 2.05) is 46.2 Å². The number of pyridine rings is 1. The number of carbonyl (C=O) groups excluding carboxylic acids is 2. The van der Waals surface area contributed by atoms with Gasteiger partial charge in [0.2, 0.25) is 5.91 Å². The number of hydrogen-bond donors (Lipinski definition) is 1. The van der Waals surface area contributed by atoms with Gasteiger partial charge in [-0.05, 0) is 43.9 Å². The number of carbonyl (C=O) groups is 2. The average Bonchev–Trinajstić information content (AvgIpc) is 3.28. The van der Waals surface area contributed by atoms with Crippen LogP contribution >= 0.6 is 0 Å². The number of amides is 2. The molecule has 2 saturated heterocycles. The number of fused-ring (bicyclic) bond motifs is 1. The van der Waals surface area contributed by atoms with Crippen LogP contribution in [0.5, 0.6) is 0 Å². The number of piperidine rings is 2. The highest BCUT2D eigenvalue weighted by Gasteiger charge is 2.33. The van der Waals surface area contributed by atoms with E-state index in [1.54, 1.807) is 12.4 Å². The number of aromatic amines is 1. The normalized spacial score (nSPS) is 20.2. The van der Waals surface area contributed by atoms with Crippen molar-refractivity contribution in [2.24, 2.45) is 5.92 Å². The van der Waals surface area contributed by atoms with Crippen LogP contribution in [-0.4, -0.2) is 62.7 Å². The molecule has 1 atom stereocenters. The van der Waals surface area contributed by atoms with Gasteiger partial charge in [-0.25, -0.2) is 4.98 Å². The maximum atomic E-state index is 13.2. The summed E-state index contributed by atoms with van der Waals surface area (Å²) in [7, 11) is 0. The van der Waals surface area contributed by atoms with Gasteiger partial charge in [-0.3, -0.25) is 14.6 Å². The Kier molecular flexibility index (Phi) is 5.40. The molecule has 1 N–H and O–H groups in total. The topological polar surface area (TPSA) is 82.2 Å². The molecule has 0 spiro atoms. The zero-order chi connectivity index (χ0) is 21.2. The van der Waals surface area contributed by atoms with E-state index < -0.39 is 0 Å². The minimum absolute atomic E-state index is 0.00144. The molecule has 160 valence electrons. The van der Waals surface area contributed by atoms with Crippen molar-refractivity contribution in [1.82, 2.24) is 24.8 Å². The van der Waals surface area contributed by atoms with Crippen LogP contribution in [0.3, 0.4) is 0 Å². The largest absolute Gasteiger partial charge is 0.342 e. The first-order chi connectivity index (χ1) is 15.2. The Bertz CT molecular complexity index is 1040. The van der Waals surface area contributed by atoms with Crippen molar-refractivity contribution in [2.75, 3.05) is 26.2 Å². The molecular weight excluding hydrogens is 390 g/mol. The molecule has 1 aromatic carbocycles. The zero-order valence-corrected chi connectivity index (χ0v) is 17.5. The number of nitrogens with one attached hydrogen (secondary N) is 1. The fourth-order valence-corrected chi connectivity index (χ4v) is 4.82. The second-order valence-corrected chi connectivity index (χ2v) is 8.57. The van der Waals surface area contributed by atoms with Gasteiger partial charge in [-0.2, -0.15) is 0 Å². The molecule has 7 heteroatoms. The van der Waals surface area contributed by atoms with Gasteiger partial charge >= 0.3 is 0 Å². The maximum Gasteiger partial charge on any atom is 0.253 e. The minimum Gasteiger partial charge on any atom is -0.342 e. The van der Waals surface area contributed by atoms with Gasteiger partial charge in [0.25, 0.3) is 5.91 Å². The van der Waals surface area contributed by atoms with E-state index in [4.69, 9.17) is 4.98 Å². The Morgan fingerprint density at radius 3 is 2.55 bits per heavy atom. The monoisotopic (exact) mass is 417 g/mol. The summed E-state index contributed by atoms with van der Waals surface area (Å²) in [5.74, 6) is 1.46. The number of imidazole rings is 1. The van der Waals surface area contributed by atoms with Gasteiger partial charge in [-0.1, -0.05) is 18.2 Å². The molecule has 2 fully saturated rings. The number of likely N-dealkylation sites (tertiary alicyclic amines) is 2. The first-order valence-corrected chi connectivity index (χ1v) is 11.1. The third kappa shape index (κ3) is 4.04. The lowest BCUT2D eigenvalue weighted by atomic mass is 9.91. The lowest BCUT2D eigenvalue weighted by molar-refractivity contribution is -0.138. The van der Waals surface area contributed by atoms with Gasteiger partial charge in [0.05, 0.1) is 17.2 Å². The highest BCUT2D eigenvalue weighted by molar-refractivity contribution is 5.94. The second-order valence-electron chi connectivity index (χ2n) is 8.57. The highest BCUT2D eigenvalue weighted by atomic mass is 16.2.